The molecule has 19 heavy (non-hydrogen) atoms. The molecule has 3 nitrogen and oxygen atoms in total. The summed E-state index contributed by atoms with van der Waals surface area (Å²) >= 11 is 3.65. The van der Waals surface area contributed by atoms with E-state index in [-0.39, 0.29) is 5.91 Å². The van der Waals surface area contributed by atoms with Crippen molar-refractivity contribution >= 4 is 21.8 Å². The molecular weight excluding hydrogens is 304 g/mol. The Morgan fingerprint density at radius 1 is 1.47 bits per heavy atom. The third-order valence-electron chi connectivity index (χ3n) is 3.52. The molecule has 1 aliphatic rings. The fourth-order valence-corrected chi connectivity index (χ4v) is 3.33. The van der Waals surface area contributed by atoms with Crippen molar-refractivity contribution in [2.45, 2.75) is 30.5 Å². The molecule has 1 aliphatic carbocycles. The quantitative estimate of drug-likeness (QED) is 0.869. The van der Waals surface area contributed by atoms with Gasteiger partial charge in [0.15, 0.2) is 0 Å². The molecular formula is C15H17BrN2O. The predicted octanol–water partition coefficient (Wildman–Crippen LogP) is 3.24. The van der Waals surface area contributed by atoms with Crippen LogP contribution >= 0.6 is 15.9 Å². The molecule has 0 radical (unpaired) electrons. The van der Waals surface area contributed by atoms with Crippen LogP contribution in [0.5, 0.6) is 0 Å². The molecule has 1 amide bonds. The lowest BCUT2D eigenvalue weighted by atomic mass is 9.89. The van der Waals surface area contributed by atoms with E-state index in [1.165, 1.54) is 19.3 Å². The SMILES string of the molecule is N#Cc1cccc(C(=O)NCC2CCCC(Br)C2)c1. The van der Waals surface area contributed by atoms with Crippen molar-refractivity contribution in [3.8, 4) is 6.07 Å². The maximum Gasteiger partial charge on any atom is 0.251 e. The van der Waals surface area contributed by atoms with E-state index >= 15 is 0 Å². The smallest absolute Gasteiger partial charge is 0.251 e. The monoisotopic (exact) mass is 320 g/mol. The van der Waals surface area contributed by atoms with Crippen LogP contribution in [0, 0.1) is 17.2 Å². The molecule has 1 aromatic rings. The molecule has 1 N–H and O–H groups in total. The fourth-order valence-electron chi connectivity index (χ4n) is 2.48. The fraction of sp³-hybridized carbons (Fsp3) is 0.467. The van der Waals surface area contributed by atoms with Crippen LogP contribution in [0.4, 0.5) is 0 Å². The zero-order valence-corrected chi connectivity index (χ0v) is 12.3. The number of nitriles is 1. The van der Waals surface area contributed by atoms with Crippen molar-refractivity contribution in [2.75, 3.05) is 6.54 Å². The van der Waals surface area contributed by atoms with Gasteiger partial charge in [-0.2, -0.15) is 5.26 Å². The highest BCUT2D eigenvalue weighted by molar-refractivity contribution is 9.09. The van der Waals surface area contributed by atoms with E-state index < -0.39 is 0 Å². The predicted molar refractivity (Wildman–Crippen MR) is 78.2 cm³/mol. The second-order valence-electron chi connectivity index (χ2n) is 5.03. The first-order valence-electron chi connectivity index (χ1n) is 6.61. The maximum absolute atomic E-state index is 12.0. The van der Waals surface area contributed by atoms with Crippen LogP contribution in [0.1, 0.15) is 41.6 Å². The molecule has 2 atom stereocenters. The van der Waals surface area contributed by atoms with Gasteiger partial charge in [-0.3, -0.25) is 4.79 Å². The third-order valence-corrected chi connectivity index (χ3v) is 4.36. The Kier molecular flexibility index (Phi) is 4.98. The lowest BCUT2D eigenvalue weighted by molar-refractivity contribution is 0.0944. The van der Waals surface area contributed by atoms with Gasteiger partial charge in [0.05, 0.1) is 11.6 Å². The number of hydrogen-bond acceptors (Lipinski definition) is 2. The van der Waals surface area contributed by atoms with Gasteiger partial charge in [0, 0.05) is 16.9 Å². The molecule has 0 aromatic heterocycles. The standard InChI is InChI=1S/C15H17BrN2O/c16-14-6-2-4-12(8-14)10-18-15(19)13-5-1-3-11(7-13)9-17/h1,3,5,7,12,14H,2,4,6,8,10H2,(H,18,19). The number of halogens is 1. The summed E-state index contributed by atoms with van der Waals surface area (Å²) in [5, 5.41) is 11.8. The topological polar surface area (TPSA) is 52.9 Å². The van der Waals surface area contributed by atoms with Crippen molar-refractivity contribution in [1.82, 2.24) is 5.32 Å². The Labute approximate surface area is 122 Å². The van der Waals surface area contributed by atoms with Gasteiger partial charge in [-0.05, 0) is 43.4 Å². The summed E-state index contributed by atoms with van der Waals surface area (Å²) in [5.74, 6) is 0.468. The Bertz CT molecular complexity index is 495. The minimum absolute atomic E-state index is 0.0891. The van der Waals surface area contributed by atoms with Gasteiger partial charge in [-0.15, -0.1) is 0 Å². The van der Waals surface area contributed by atoms with Gasteiger partial charge < -0.3 is 5.32 Å². The van der Waals surface area contributed by atoms with Crippen molar-refractivity contribution in [2.24, 2.45) is 5.92 Å². The van der Waals surface area contributed by atoms with Crippen LogP contribution < -0.4 is 5.32 Å². The molecule has 2 rings (SSSR count). The Morgan fingerprint density at radius 2 is 2.32 bits per heavy atom. The van der Waals surface area contributed by atoms with E-state index in [2.05, 4.69) is 21.2 Å². The van der Waals surface area contributed by atoms with Crippen LogP contribution in [0.25, 0.3) is 0 Å². The Balaban J connectivity index is 1.88. The minimum Gasteiger partial charge on any atom is -0.352 e. The van der Waals surface area contributed by atoms with E-state index in [9.17, 15) is 4.79 Å². The summed E-state index contributed by atoms with van der Waals surface area (Å²) in [5.41, 5.74) is 1.08. The van der Waals surface area contributed by atoms with Gasteiger partial charge in [0.1, 0.15) is 0 Å². The molecule has 2 unspecified atom stereocenters. The zero-order chi connectivity index (χ0) is 13.7. The first-order valence-corrected chi connectivity index (χ1v) is 7.53. The normalized spacial score (nSPS) is 22.5. The van der Waals surface area contributed by atoms with Gasteiger partial charge in [0.2, 0.25) is 0 Å². The number of carbonyl (C=O) groups excluding carboxylic acids is 1. The van der Waals surface area contributed by atoms with E-state index in [0.717, 1.165) is 13.0 Å². The number of alkyl halides is 1. The average molecular weight is 321 g/mol. The largest absolute Gasteiger partial charge is 0.352 e. The number of rotatable bonds is 3. The van der Waals surface area contributed by atoms with E-state index in [1.54, 1.807) is 24.3 Å². The van der Waals surface area contributed by atoms with Crippen LogP contribution in [0.2, 0.25) is 0 Å². The molecule has 0 bridgehead atoms. The van der Waals surface area contributed by atoms with Gasteiger partial charge in [-0.25, -0.2) is 0 Å². The van der Waals surface area contributed by atoms with Crippen molar-refractivity contribution in [3.63, 3.8) is 0 Å². The maximum atomic E-state index is 12.0. The number of carbonyl (C=O) groups is 1. The van der Waals surface area contributed by atoms with Crippen LogP contribution in [-0.4, -0.2) is 17.3 Å². The van der Waals surface area contributed by atoms with E-state index in [0.29, 0.717) is 21.9 Å². The van der Waals surface area contributed by atoms with Crippen molar-refractivity contribution < 1.29 is 4.79 Å². The van der Waals surface area contributed by atoms with Crippen molar-refractivity contribution in [1.29, 1.82) is 5.26 Å². The zero-order valence-electron chi connectivity index (χ0n) is 10.7. The summed E-state index contributed by atoms with van der Waals surface area (Å²) in [6.07, 6.45) is 4.76. The number of benzene rings is 1. The van der Waals surface area contributed by atoms with E-state index in [4.69, 9.17) is 5.26 Å². The van der Waals surface area contributed by atoms with E-state index in [1.807, 2.05) is 6.07 Å². The molecule has 4 heteroatoms. The summed E-state index contributed by atoms with van der Waals surface area (Å²) < 4.78 is 0. The Hall–Kier alpha value is -1.34. The molecule has 0 heterocycles. The van der Waals surface area contributed by atoms with Crippen LogP contribution in [-0.2, 0) is 0 Å². The van der Waals surface area contributed by atoms with Crippen LogP contribution in [0.15, 0.2) is 24.3 Å². The van der Waals surface area contributed by atoms with Gasteiger partial charge in [-0.1, -0.05) is 28.4 Å². The van der Waals surface area contributed by atoms with Gasteiger partial charge >= 0.3 is 0 Å². The molecule has 0 saturated heterocycles. The second-order valence-corrected chi connectivity index (χ2v) is 6.33. The van der Waals surface area contributed by atoms with Gasteiger partial charge in [0.25, 0.3) is 5.91 Å². The summed E-state index contributed by atoms with van der Waals surface area (Å²) in [4.78, 5) is 12.6. The first kappa shape index (κ1) is 14.1. The first-order chi connectivity index (χ1) is 9.19. The third kappa shape index (κ3) is 4.07. The number of nitrogens with zero attached hydrogens (tertiary/aromatic N) is 1. The molecule has 1 saturated carbocycles. The van der Waals surface area contributed by atoms with Crippen molar-refractivity contribution in [3.05, 3.63) is 35.4 Å². The number of hydrogen-bond donors (Lipinski definition) is 1. The molecule has 1 aromatic carbocycles. The summed E-state index contributed by atoms with van der Waals surface area (Å²) in [6, 6.07) is 8.86. The number of amides is 1. The lowest BCUT2D eigenvalue weighted by Gasteiger charge is -2.25. The highest BCUT2D eigenvalue weighted by Gasteiger charge is 2.20. The minimum atomic E-state index is -0.0891. The molecule has 1 fully saturated rings. The van der Waals surface area contributed by atoms with Crippen LogP contribution in [0.3, 0.4) is 0 Å². The summed E-state index contributed by atoms with van der Waals surface area (Å²) in [7, 11) is 0. The number of nitrogens with one attached hydrogen (secondary N) is 1. The average Bonchev–Trinajstić information content (AvgIpc) is 2.45. The molecule has 0 spiro atoms. The lowest BCUT2D eigenvalue weighted by Crippen LogP contribution is -2.31. The highest BCUT2D eigenvalue weighted by atomic mass is 79.9. The highest BCUT2D eigenvalue weighted by Crippen LogP contribution is 2.28. The summed E-state index contributed by atoms with van der Waals surface area (Å²) in [6.45, 7) is 0.720. The molecule has 100 valence electrons. The Morgan fingerprint density at radius 3 is 3.05 bits per heavy atom. The second kappa shape index (κ2) is 6.72. The molecule has 0 aliphatic heterocycles.